The first kappa shape index (κ1) is 34.0. The number of likely N-dealkylation sites (tertiary alicyclic amines) is 1. The Bertz CT molecular complexity index is 1450. The van der Waals surface area contributed by atoms with Gasteiger partial charge in [-0.05, 0) is 88.8 Å². The van der Waals surface area contributed by atoms with Crippen LogP contribution in [0.15, 0.2) is 83.8 Å². The van der Waals surface area contributed by atoms with Crippen LogP contribution in [0.2, 0.25) is 0 Å². The molecular formula is C38H49N3O4S. The summed E-state index contributed by atoms with van der Waals surface area (Å²) in [4.78, 5) is 30.7. The molecule has 0 radical (unpaired) electrons. The SMILES string of the molecule is Cc1c(Oc2ccccc2)cccc1C(=O)N[C@@H](CSc1ccccc1)[C@H](O)CN1C[C@H]2CCCC[C@H]2C[C@H]1C(=O)NC(C)(C)C. The second-order valence-corrected chi connectivity index (χ2v) is 15.0. The molecule has 0 bridgehead atoms. The minimum atomic E-state index is -0.880. The number of benzene rings is 3. The molecule has 1 saturated heterocycles. The number of fused-ring (bicyclic) bond motifs is 1. The third-order valence-electron chi connectivity index (χ3n) is 9.18. The second-order valence-electron chi connectivity index (χ2n) is 13.9. The Balaban J connectivity index is 1.35. The summed E-state index contributed by atoms with van der Waals surface area (Å²) in [5, 5.41) is 18.2. The van der Waals surface area contributed by atoms with Crippen molar-refractivity contribution in [3.05, 3.63) is 90.0 Å². The number of piperidine rings is 1. The van der Waals surface area contributed by atoms with E-state index in [0.717, 1.165) is 29.8 Å². The first-order valence-electron chi connectivity index (χ1n) is 16.6. The number of thioether (sulfide) groups is 1. The topological polar surface area (TPSA) is 90.9 Å². The number of aliphatic hydroxyl groups excluding tert-OH is 1. The van der Waals surface area contributed by atoms with Crippen molar-refractivity contribution in [2.45, 2.75) is 88.4 Å². The summed E-state index contributed by atoms with van der Waals surface area (Å²) < 4.78 is 6.09. The van der Waals surface area contributed by atoms with Gasteiger partial charge in [0, 0.05) is 40.4 Å². The lowest BCUT2D eigenvalue weighted by atomic mass is 9.72. The van der Waals surface area contributed by atoms with Crippen molar-refractivity contribution in [1.82, 2.24) is 15.5 Å². The molecule has 7 nitrogen and oxygen atoms in total. The Morgan fingerprint density at radius 1 is 0.957 bits per heavy atom. The highest BCUT2D eigenvalue weighted by atomic mass is 32.2. The molecule has 5 rings (SSSR count). The highest BCUT2D eigenvalue weighted by molar-refractivity contribution is 7.99. The first-order chi connectivity index (χ1) is 22.1. The van der Waals surface area contributed by atoms with E-state index in [2.05, 4.69) is 15.5 Å². The fourth-order valence-electron chi connectivity index (χ4n) is 6.78. The van der Waals surface area contributed by atoms with Crippen molar-refractivity contribution in [3.8, 4) is 11.5 Å². The molecule has 5 atom stereocenters. The molecule has 1 aliphatic heterocycles. The summed E-state index contributed by atoms with van der Waals surface area (Å²) in [6, 6.07) is 24.1. The van der Waals surface area contributed by atoms with Crippen LogP contribution in [0.3, 0.4) is 0 Å². The number of para-hydroxylation sites is 1. The lowest BCUT2D eigenvalue weighted by molar-refractivity contribution is -0.132. The molecule has 3 N–H and O–H groups in total. The fraction of sp³-hybridized carbons (Fsp3) is 0.474. The van der Waals surface area contributed by atoms with Crippen LogP contribution in [-0.4, -0.2) is 64.4 Å². The van der Waals surface area contributed by atoms with E-state index in [1.54, 1.807) is 17.8 Å². The maximum atomic E-state index is 13.8. The molecule has 1 saturated carbocycles. The van der Waals surface area contributed by atoms with Gasteiger partial charge < -0.3 is 20.5 Å². The number of hydrogen-bond donors (Lipinski definition) is 3. The van der Waals surface area contributed by atoms with Crippen LogP contribution in [0.25, 0.3) is 0 Å². The number of amides is 2. The molecule has 2 amide bonds. The molecule has 3 aromatic carbocycles. The summed E-state index contributed by atoms with van der Waals surface area (Å²) in [5.41, 5.74) is 0.886. The van der Waals surface area contributed by atoms with Gasteiger partial charge in [0.1, 0.15) is 11.5 Å². The molecular weight excluding hydrogens is 595 g/mol. The highest BCUT2D eigenvalue weighted by Gasteiger charge is 2.41. The van der Waals surface area contributed by atoms with Gasteiger partial charge in [-0.3, -0.25) is 14.5 Å². The van der Waals surface area contributed by atoms with E-state index in [1.165, 1.54) is 19.3 Å². The lowest BCUT2D eigenvalue weighted by Gasteiger charge is -2.47. The maximum Gasteiger partial charge on any atom is 0.252 e. The molecule has 1 aliphatic carbocycles. The summed E-state index contributed by atoms with van der Waals surface area (Å²) >= 11 is 1.60. The van der Waals surface area contributed by atoms with Gasteiger partial charge in [-0.1, -0.05) is 61.7 Å². The van der Waals surface area contributed by atoms with Crippen molar-refractivity contribution < 1.29 is 19.4 Å². The van der Waals surface area contributed by atoms with E-state index >= 15 is 0 Å². The largest absolute Gasteiger partial charge is 0.457 e. The Morgan fingerprint density at radius 3 is 2.33 bits per heavy atom. The number of rotatable bonds is 11. The predicted octanol–water partition coefficient (Wildman–Crippen LogP) is 6.83. The molecule has 246 valence electrons. The monoisotopic (exact) mass is 643 g/mol. The molecule has 2 fully saturated rings. The standard InChI is InChI=1S/C38H49N3O4S/c1-26-31(20-13-21-35(26)45-29-16-7-5-8-17-29)36(43)39-32(25-46-30-18-9-6-10-19-30)34(42)24-41-23-28-15-12-11-14-27(28)22-33(41)37(44)40-38(2,3)4/h5-10,13,16-21,27-28,32-34,42H,11-12,14-15,22-25H2,1-4H3,(H,39,43)(H,40,44)/t27-,28+,32-,33-,34+/m0/s1. The summed E-state index contributed by atoms with van der Waals surface area (Å²) in [5.74, 6) is 2.61. The number of hydrogen-bond acceptors (Lipinski definition) is 6. The van der Waals surface area contributed by atoms with Crippen LogP contribution in [-0.2, 0) is 4.79 Å². The summed E-state index contributed by atoms with van der Waals surface area (Å²) in [7, 11) is 0. The number of carbonyl (C=O) groups excluding carboxylic acids is 2. The van der Waals surface area contributed by atoms with Gasteiger partial charge in [0.2, 0.25) is 5.91 Å². The number of ether oxygens (including phenoxy) is 1. The van der Waals surface area contributed by atoms with E-state index in [-0.39, 0.29) is 23.4 Å². The molecule has 46 heavy (non-hydrogen) atoms. The zero-order valence-corrected chi connectivity index (χ0v) is 28.4. The number of aliphatic hydroxyl groups is 1. The van der Waals surface area contributed by atoms with Gasteiger partial charge >= 0.3 is 0 Å². The van der Waals surface area contributed by atoms with Gasteiger partial charge in [-0.25, -0.2) is 0 Å². The van der Waals surface area contributed by atoms with Crippen molar-refractivity contribution in [1.29, 1.82) is 0 Å². The predicted molar refractivity (Wildman–Crippen MR) is 185 cm³/mol. The number of β-amino-alcohol motifs (C(OH)–C–C–N with tert-alkyl or cyclic N) is 1. The maximum absolute atomic E-state index is 13.8. The number of carbonyl (C=O) groups is 2. The zero-order valence-electron chi connectivity index (χ0n) is 27.6. The van der Waals surface area contributed by atoms with Crippen LogP contribution < -0.4 is 15.4 Å². The molecule has 2 aliphatic rings. The van der Waals surface area contributed by atoms with E-state index in [0.29, 0.717) is 41.2 Å². The fourth-order valence-corrected chi connectivity index (χ4v) is 7.81. The Labute approximate surface area is 278 Å². The van der Waals surface area contributed by atoms with Crippen molar-refractivity contribution in [2.75, 3.05) is 18.8 Å². The Morgan fingerprint density at radius 2 is 1.63 bits per heavy atom. The molecule has 0 aromatic heterocycles. The Kier molecular flexibility index (Phi) is 11.5. The van der Waals surface area contributed by atoms with Crippen molar-refractivity contribution in [3.63, 3.8) is 0 Å². The molecule has 1 heterocycles. The average molecular weight is 644 g/mol. The molecule has 0 unspecified atom stereocenters. The van der Waals surface area contributed by atoms with Gasteiger partial charge in [0.15, 0.2) is 0 Å². The van der Waals surface area contributed by atoms with E-state index in [9.17, 15) is 14.7 Å². The third kappa shape index (κ3) is 9.14. The average Bonchev–Trinajstić information content (AvgIpc) is 3.03. The smallest absolute Gasteiger partial charge is 0.252 e. The van der Waals surface area contributed by atoms with Crippen molar-refractivity contribution in [2.24, 2.45) is 11.8 Å². The van der Waals surface area contributed by atoms with Gasteiger partial charge in [-0.2, -0.15) is 0 Å². The van der Waals surface area contributed by atoms with Crippen LogP contribution in [0.5, 0.6) is 11.5 Å². The van der Waals surface area contributed by atoms with Gasteiger partial charge in [0.05, 0.1) is 18.2 Å². The normalized spacial score (nSPS) is 21.5. The second kappa shape index (κ2) is 15.5. The van der Waals surface area contributed by atoms with E-state index in [4.69, 9.17) is 4.74 Å². The minimum absolute atomic E-state index is 0.0221. The molecule has 3 aromatic rings. The molecule has 8 heteroatoms. The summed E-state index contributed by atoms with van der Waals surface area (Å²) in [6.45, 7) is 8.99. The summed E-state index contributed by atoms with van der Waals surface area (Å²) in [6.07, 6.45) is 4.69. The lowest BCUT2D eigenvalue weighted by Crippen LogP contribution is -2.60. The van der Waals surface area contributed by atoms with Crippen LogP contribution in [0.1, 0.15) is 68.8 Å². The van der Waals surface area contributed by atoms with Gasteiger partial charge in [-0.15, -0.1) is 11.8 Å². The minimum Gasteiger partial charge on any atom is -0.457 e. The Hall–Kier alpha value is -3.33. The van der Waals surface area contributed by atoms with E-state index < -0.39 is 12.1 Å². The number of nitrogens with one attached hydrogen (secondary N) is 2. The third-order valence-corrected chi connectivity index (χ3v) is 10.3. The van der Waals surface area contributed by atoms with E-state index in [1.807, 2.05) is 100 Å². The quantitative estimate of drug-likeness (QED) is 0.199. The highest BCUT2D eigenvalue weighted by Crippen LogP contribution is 2.39. The van der Waals surface area contributed by atoms with Crippen LogP contribution >= 0.6 is 11.8 Å². The van der Waals surface area contributed by atoms with Crippen LogP contribution in [0.4, 0.5) is 0 Å². The first-order valence-corrected chi connectivity index (χ1v) is 17.6. The van der Waals surface area contributed by atoms with Crippen LogP contribution in [0, 0.1) is 18.8 Å². The zero-order chi connectivity index (χ0) is 32.7. The van der Waals surface area contributed by atoms with Gasteiger partial charge in [0.25, 0.3) is 5.91 Å². The molecule has 0 spiro atoms. The van der Waals surface area contributed by atoms with Crippen molar-refractivity contribution >= 4 is 23.6 Å². The number of nitrogens with zero attached hydrogens (tertiary/aromatic N) is 1.